The monoisotopic (exact) mass is 301 g/mol. The Morgan fingerprint density at radius 2 is 1.71 bits per heavy atom. The molecule has 0 unspecified atom stereocenters. The smallest absolute Gasteiger partial charge is 0.0729 e. The summed E-state index contributed by atoms with van der Waals surface area (Å²) in [5.74, 6) is 0. The van der Waals surface area contributed by atoms with Crippen LogP contribution in [0.2, 0.25) is 0 Å². The van der Waals surface area contributed by atoms with Crippen LogP contribution >= 0.6 is 11.3 Å². The van der Waals surface area contributed by atoms with Crippen LogP contribution in [0.1, 0.15) is 29.5 Å². The molecule has 21 heavy (non-hydrogen) atoms. The second kappa shape index (κ2) is 6.20. The number of hydrogen-bond donors (Lipinski definition) is 1. The van der Waals surface area contributed by atoms with Crippen LogP contribution < -0.4 is 4.90 Å². The predicted molar refractivity (Wildman–Crippen MR) is 90.2 cm³/mol. The molecule has 1 fully saturated rings. The highest BCUT2D eigenvalue weighted by molar-refractivity contribution is 7.12. The number of nitrogens with zero attached hydrogens (tertiary/aromatic N) is 1. The number of aryl methyl sites for hydroxylation is 1. The van der Waals surface area contributed by atoms with Crippen LogP contribution in [0.5, 0.6) is 0 Å². The van der Waals surface area contributed by atoms with E-state index in [-0.39, 0.29) is 0 Å². The van der Waals surface area contributed by atoms with Crippen molar-refractivity contribution in [3.8, 4) is 0 Å². The van der Waals surface area contributed by atoms with Gasteiger partial charge in [0.15, 0.2) is 0 Å². The second-order valence-corrected chi connectivity index (χ2v) is 7.20. The topological polar surface area (TPSA) is 23.5 Å². The molecule has 1 saturated heterocycles. The number of rotatable bonds is 4. The van der Waals surface area contributed by atoms with Crippen molar-refractivity contribution >= 4 is 17.0 Å². The molecule has 0 bridgehead atoms. The fourth-order valence-electron chi connectivity index (χ4n) is 3.03. The van der Waals surface area contributed by atoms with Gasteiger partial charge in [0.25, 0.3) is 0 Å². The number of anilines is 1. The van der Waals surface area contributed by atoms with Crippen molar-refractivity contribution in [1.82, 2.24) is 0 Å². The number of thiophene rings is 1. The highest BCUT2D eigenvalue weighted by atomic mass is 32.1. The maximum atomic E-state index is 10.9. The second-order valence-electron chi connectivity index (χ2n) is 5.95. The molecule has 1 N–H and O–H groups in total. The lowest BCUT2D eigenvalue weighted by Crippen LogP contribution is -2.45. The van der Waals surface area contributed by atoms with Gasteiger partial charge in [-0.25, -0.2) is 0 Å². The van der Waals surface area contributed by atoms with E-state index in [4.69, 9.17) is 0 Å². The molecule has 0 saturated carbocycles. The Kier molecular flexibility index (Phi) is 4.32. The summed E-state index contributed by atoms with van der Waals surface area (Å²) in [5, 5.41) is 10.9. The summed E-state index contributed by atoms with van der Waals surface area (Å²) < 4.78 is 0. The molecule has 112 valence electrons. The fourth-order valence-corrected chi connectivity index (χ4v) is 4.12. The van der Waals surface area contributed by atoms with Crippen LogP contribution in [0.4, 0.5) is 5.69 Å². The van der Waals surface area contributed by atoms with Gasteiger partial charge in [-0.2, -0.15) is 0 Å². The van der Waals surface area contributed by atoms with Gasteiger partial charge in [-0.05, 0) is 43.5 Å². The van der Waals surface area contributed by atoms with Crippen LogP contribution in [-0.2, 0) is 12.8 Å². The summed E-state index contributed by atoms with van der Waals surface area (Å²) in [6.07, 6.45) is 3.59. The lowest BCUT2D eigenvalue weighted by Gasteiger charge is -2.39. The number of piperidine rings is 1. The summed E-state index contributed by atoms with van der Waals surface area (Å²) in [7, 11) is 0. The largest absolute Gasteiger partial charge is 0.389 e. The normalized spacial score (nSPS) is 17.9. The van der Waals surface area contributed by atoms with E-state index in [1.54, 1.807) is 0 Å². The van der Waals surface area contributed by atoms with Gasteiger partial charge in [-0.1, -0.05) is 25.1 Å². The molecule has 0 radical (unpaired) electrons. The van der Waals surface area contributed by atoms with E-state index in [2.05, 4.69) is 48.2 Å². The van der Waals surface area contributed by atoms with Crippen LogP contribution in [0.25, 0.3) is 0 Å². The summed E-state index contributed by atoms with van der Waals surface area (Å²) >= 11 is 1.85. The molecule has 2 aromatic rings. The van der Waals surface area contributed by atoms with E-state index in [9.17, 15) is 5.11 Å². The zero-order chi connectivity index (χ0) is 14.7. The first-order chi connectivity index (χ1) is 10.2. The molecular weight excluding hydrogens is 278 g/mol. The van der Waals surface area contributed by atoms with E-state index >= 15 is 0 Å². The third-order valence-electron chi connectivity index (χ3n) is 4.38. The van der Waals surface area contributed by atoms with Gasteiger partial charge in [0.05, 0.1) is 5.60 Å². The van der Waals surface area contributed by atoms with Crippen LogP contribution in [0, 0.1) is 0 Å². The Morgan fingerprint density at radius 3 is 2.33 bits per heavy atom. The van der Waals surface area contributed by atoms with E-state index in [1.165, 1.54) is 15.4 Å². The molecule has 0 spiro atoms. The van der Waals surface area contributed by atoms with Gasteiger partial charge in [0.1, 0.15) is 0 Å². The maximum Gasteiger partial charge on any atom is 0.0729 e. The lowest BCUT2D eigenvalue weighted by molar-refractivity contribution is 0.0173. The van der Waals surface area contributed by atoms with Crippen molar-refractivity contribution in [2.24, 2.45) is 0 Å². The summed E-state index contributed by atoms with van der Waals surface area (Å²) in [6.45, 7) is 4.06. The highest BCUT2D eigenvalue weighted by Gasteiger charge is 2.32. The van der Waals surface area contributed by atoms with Crippen molar-refractivity contribution in [3.63, 3.8) is 0 Å². The van der Waals surface area contributed by atoms with Gasteiger partial charge in [-0.3, -0.25) is 0 Å². The Morgan fingerprint density at radius 1 is 1.05 bits per heavy atom. The Bertz CT molecular complexity index is 570. The third-order valence-corrected chi connectivity index (χ3v) is 5.61. The molecule has 3 rings (SSSR count). The van der Waals surface area contributed by atoms with Crippen molar-refractivity contribution in [2.75, 3.05) is 18.0 Å². The van der Waals surface area contributed by atoms with E-state index in [1.807, 2.05) is 17.4 Å². The van der Waals surface area contributed by atoms with E-state index < -0.39 is 5.60 Å². The molecule has 1 aromatic heterocycles. The minimum Gasteiger partial charge on any atom is -0.389 e. The van der Waals surface area contributed by atoms with Crippen molar-refractivity contribution in [3.05, 3.63) is 52.2 Å². The van der Waals surface area contributed by atoms with Crippen molar-refractivity contribution in [2.45, 2.75) is 38.2 Å². The number of hydrogen-bond acceptors (Lipinski definition) is 3. The first-order valence-electron chi connectivity index (χ1n) is 7.78. The quantitative estimate of drug-likeness (QED) is 0.926. The Labute approximate surface area is 131 Å². The average molecular weight is 301 g/mol. The zero-order valence-electron chi connectivity index (χ0n) is 12.6. The van der Waals surface area contributed by atoms with Gasteiger partial charge >= 0.3 is 0 Å². The standard InChI is InChI=1S/C18H23NOS/c1-2-16-8-9-17(21-16)14-18(20)10-12-19(13-11-18)15-6-4-3-5-7-15/h3-9,20H,2,10-14H2,1H3. The minimum absolute atomic E-state index is 0.527. The molecule has 1 aliphatic rings. The molecule has 3 heteroatoms. The average Bonchev–Trinajstić information content (AvgIpc) is 2.96. The highest BCUT2D eigenvalue weighted by Crippen LogP contribution is 2.31. The first kappa shape index (κ1) is 14.6. The first-order valence-corrected chi connectivity index (χ1v) is 8.60. The van der Waals surface area contributed by atoms with Crippen molar-refractivity contribution < 1.29 is 5.11 Å². The summed E-state index contributed by atoms with van der Waals surface area (Å²) in [5.41, 5.74) is 0.741. The van der Waals surface area contributed by atoms with Gasteiger partial charge in [0.2, 0.25) is 0 Å². The minimum atomic E-state index is -0.527. The lowest BCUT2D eigenvalue weighted by atomic mass is 9.87. The van der Waals surface area contributed by atoms with Gasteiger partial charge in [-0.15, -0.1) is 11.3 Å². The van der Waals surface area contributed by atoms with Crippen molar-refractivity contribution in [1.29, 1.82) is 0 Å². The molecule has 0 amide bonds. The van der Waals surface area contributed by atoms with Gasteiger partial charge < -0.3 is 10.0 Å². The van der Waals surface area contributed by atoms with Gasteiger partial charge in [0, 0.05) is 35.0 Å². The van der Waals surface area contributed by atoms with Crippen LogP contribution in [0.3, 0.4) is 0 Å². The Hall–Kier alpha value is -1.32. The predicted octanol–water partition coefficient (Wildman–Crippen LogP) is 3.88. The molecule has 1 aromatic carbocycles. The molecule has 2 nitrogen and oxygen atoms in total. The summed E-state index contributed by atoms with van der Waals surface area (Å²) in [6, 6.07) is 14.9. The zero-order valence-corrected chi connectivity index (χ0v) is 13.4. The van der Waals surface area contributed by atoms with Crippen LogP contribution in [-0.4, -0.2) is 23.8 Å². The molecule has 0 aliphatic carbocycles. The number of benzene rings is 1. The van der Waals surface area contributed by atoms with E-state index in [0.717, 1.165) is 38.8 Å². The third kappa shape index (κ3) is 3.47. The molecular formula is C18H23NOS. The number of aliphatic hydroxyl groups is 1. The fraction of sp³-hybridized carbons (Fsp3) is 0.444. The number of para-hydroxylation sites is 1. The summed E-state index contributed by atoms with van der Waals surface area (Å²) in [4.78, 5) is 5.11. The van der Waals surface area contributed by atoms with Crippen LogP contribution in [0.15, 0.2) is 42.5 Å². The van der Waals surface area contributed by atoms with E-state index in [0.29, 0.717) is 0 Å². The Balaban J connectivity index is 1.61. The molecule has 2 heterocycles. The maximum absolute atomic E-state index is 10.9. The molecule has 1 aliphatic heterocycles. The SMILES string of the molecule is CCc1ccc(CC2(O)CCN(c3ccccc3)CC2)s1. The molecule has 0 atom stereocenters.